The molecule has 1 N–H and O–H groups in total. The third-order valence-corrected chi connectivity index (χ3v) is 4.21. The van der Waals surface area contributed by atoms with Gasteiger partial charge in [-0.05, 0) is 37.4 Å². The molecule has 0 amide bonds. The minimum Gasteiger partial charge on any atom is -0.494 e. The molecular weight excluding hydrogens is 275 g/mol. The first-order valence-corrected chi connectivity index (χ1v) is 9.61. The summed E-state index contributed by atoms with van der Waals surface area (Å²) in [6, 6.07) is 7.04. The van der Waals surface area contributed by atoms with Gasteiger partial charge in [-0.2, -0.15) is 0 Å². The largest absolute Gasteiger partial charge is 0.494 e. The molecule has 0 fully saturated rings. The van der Waals surface area contributed by atoms with Gasteiger partial charge in [0.25, 0.3) is 0 Å². The second-order valence-corrected chi connectivity index (χ2v) is 8.93. The zero-order chi connectivity index (χ0) is 15.2. The number of carboxylic acids is 1. The van der Waals surface area contributed by atoms with E-state index in [1.807, 2.05) is 0 Å². The van der Waals surface area contributed by atoms with Gasteiger partial charge in [0.1, 0.15) is 5.75 Å². The first kappa shape index (κ1) is 16.8. The zero-order valence-corrected chi connectivity index (χ0v) is 13.2. The minimum atomic E-state index is -2.39. The van der Waals surface area contributed by atoms with Crippen molar-refractivity contribution < 1.29 is 19.2 Å². The lowest BCUT2D eigenvalue weighted by Gasteiger charge is -2.16. The highest BCUT2D eigenvalue weighted by Crippen LogP contribution is 2.41. The Bertz CT molecular complexity index is 475. The van der Waals surface area contributed by atoms with Gasteiger partial charge in [0, 0.05) is 6.16 Å². The molecule has 0 radical (unpaired) electrons. The summed E-state index contributed by atoms with van der Waals surface area (Å²) in [6.45, 7) is 5.99. The van der Waals surface area contributed by atoms with Crippen LogP contribution in [0.15, 0.2) is 24.3 Å². The second kappa shape index (κ2) is 7.49. The van der Waals surface area contributed by atoms with Gasteiger partial charge in [-0.25, -0.2) is 0 Å². The summed E-state index contributed by atoms with van der Waals surface area (Å²) in [5, 5.41) is 9.28. The van der Waals surface area contributed by atoms with Gasteiger partial charge in [-0.15, -0.1) is 0 Å². The summed E-state index contributed by atoms with van der Waals surface area (Å²) >= 11 is 0. The lowest BCUT2D eigenvalue weighted by atomic mass is 10.0. The van der Waals surface area contributed by atoms with Crippen molar-refractivity contribution in [1.82, 2.24) is 0 Å². The smallest absolute Gasteiger partial charge is 0.311 e. The molecule has 112 valence electrons. The number of hydrogen-bond acceptors (Lipinski definition) is 3. The number of carboxylic acid groups (broad SMARTS) is 1. The van der Waals surface area contributed by atoms with Crippen molar-refractivity contribution in [2.24, 2.45) is 0 Å². The Morgan fingerprint density at radius 1 is 1.30 bits per heavy atom. The van der Waals surface area contributed by atoms with Gasteiger partial charge in [-0.1, -0.05) is 25.5 Å². The number of carbonyl (C=O) groups is 1. The van der Waals surface area contributed by atoms with Crippen LogP contribution in [0, 0.1) is 0 Å². The lowest BCUT2D eigenvalue weighted by molar-refractivity contribution is -0.138. The Morgan fingerprint density at radius 2 is 1.90 bits per heavy atom. The van der Waals surface area contributed by atoms with E-state index in [2.05, 4.69) is 6.92 Å². The molecule has 0 bridgehead atoms. The van der Waals surface area contributed by atoms with Gasteiger partial charge >= 0.3 is 5.97 Å². The van der Waals surface area contributed by atoms with Crippen molar-refractivity contribution in [3.8, 4) is 5.75 Å². The van der Waals surface area contributed by atoms with E-state index in [1.165, 1.54) is 0 Å². The van der Waals surface area contributed by atoms with Crippen molar-refractivity contribution in [1.29, 1.82) is 0 Å². The summed E-state index contributed by atoms with van der Waals surface area (Å²) in [5.74, 6) is -0.920. The van der Waals surface area contributed by atoms with Crippen LogP contribution in [0.2, 0.25) is 0 Å². The van der Waals surface area contributed by atoms with Crippen LogP contribution < -0.4 is 4.74 Å². The van der Waals surface area contributed by atoms with Gasteiger partial charge in [-0.3, -0.25) is 4.79 Å². The first-order valence-electron chi connectivity index (χ1n) is 6.83. The third kappa shape index (κ3) is 5.79. The van der Waals surface area contributed by atoms with E-state index >= 15 is 0 Å². The van der Waals surface area contributed by atoms with Crippen LogP contribution in [-0.2, 0) is 9.36 Å². The van der Waals surface area contributed by atoms with Crippen LogP contribution in [0.5, 0.6) is 5.75 Å². The maximum Gasteiger partial charge on any atom is 0.311 e. The Kier molecular flexibility index (Phi) is 6.28. The molecule has 0 heterocycles. The summed E-state index contributed by atoms with van der Waals surface area (Å²) in [6.07, 6.45) is 2.24. The molecule has 4 nitrogen and oxygen atoms in total. The molecule has 1 aromatic carbocycles. The molecule has 0 aliphatic carbocycles. The minimum absolute atomic E-state index is 0.179. The topological polar surface area (TPSA) is 63.6 Å². The molecule has 1 aromatic rings. The average molecular weight is 298 g/mol. The van der Waals surface area contributed by atoms with Gasteiger partial charge in [0.05, 0.1) is 19.7 Å². The Labute approximate surface area is 120 Å². The van der Waals surface area contributed by atoms with Crippen LogP contribution in [0.1, 0.15) is 31.2 Å². The molecule has 5 heteroatoms. The molecule has 0 aliphatic heterocycles. The quantitative estimate of drug-likeness (QED) is 0.587. The normalized spacial score (nSPS) is 12.9. The molecule has 0 spiro atoms. The Balaban J connectivity index is 2.78. The van der Waals surface area contributed by atoms with E-state index in [0.29, 0.717) is 12.2 Å². The SMILES string of the molecule is CCCCOc1ccc([C@@H](CP(C)(C)=O)C(=O)O)cc1. The number of ether oxygens (including phenoxy) is 1. The molecule has 1 atom stereocenters. The van der Waals surface area contributed by atoms with Crippen LogP contribution in [-0.4, -0.2) is 37.2 Å². The van der Waals surface area contributed by atoms with E-state index in [0.717, 1.165) is 18.6 Å². The van der Waals surface area contributed by atoms with Gasteiger partial charge in [0.2, 0.25) is 0 Å². The number of aliphatic carboxylic acids is 1. The first-order chi connectivity index (χ1) is 9.33. The van der Waals surface area contributed by atoms with E-state index in [-0.39, 0.29) is 6.16 Å². The molecule has 0 aliphatic rings. The van der Waals surface area contributed by atoms with E-state index in [4.69, 9.17) is 4.74 Å². The fourth-order valence-corrected chi connectivity index (χ4v) is 3.14. The van der Waals surface area contributed by atoms with Gasteiger partial charge < -0.3 is 14.4 Å². The highest BCUT2D eigenvalue weighted by atomic mass is 31.2. The molecule has 0 saturated heterocycles. The maximum atomic E-state index is 11.9. The van der Waals surface area contributed by atoms with Crippen LogP contribution in [0.25, 0.3) is 0 Å². The van der Waals surface area contributed by atoms with Crippen LogP contribution in [0.3, 0.4) is 0 Å². The van der Waals surface area contributed by atoms with E-state index < -0.39 is 19.0 Å². The Morgan fingerprint density at radius 3 is 2.35 bits per heavy atom. The summed E-state index contributed by atoms with van der Waals surface area (Å²) in [4.78, 5) is 11.3. The predicted molar refractivity (Wildman–Crippen MR) is 81.5 cm³/mol. The third-order valence-electron chi connectivity index (χ3n) is 2.97. The van der Waals surface area contributed by atoms with Crippen molar-refractivity contribution in [3.05, 3.63) is 29.8 Å². The number of benzene rings is 1. The molecule has 0 unspecified atom stereocenters. The summed E-state index contributed by atoms with van der Waals surface area (Å²) < 4.78 is 17.4. The second-order valence-electron chi connectivity index (χ2n) is 5.42. The fourth-order valence-electron chi connectivity index (χ4n) is 1.90. The zero-order valence-electron chi connectivity index (χ0n) is 12.3. The number of rotatable bonds is 8. The highest BCUT2D eigenvalue weighted by molar-refractivity contribution is 7.62. The van der Waals surface area contributed by atoms with E-state index in [1.54, 1.807) is 37.6 Å². The molecular formula is C15H23O4P. The summed E-state index contributed by atoms with van der Waals surface area (Å²) in [7, 11) is -2.39. The number of hydrogen-bond donors (Lipinski definition) is 1. The van der Waals surface area contributed by atoms with Crippen LogP contribution in [0.4, 0.5) is 0 Å². The monoisotopic (exact) mass is 298 g/mol. The molecule has 1 rings (SSSR count). The van der Waals surface area contributed by atoms with Gasteiger partial charge in [0.15, 0.2) is 0 Å². The lowest BCUT2D eigenvalue weighted by Crippen LogP contribution is -2.15. The summed E-state index contributed by atoms with van der Waals surface area (Å²) in [5.41, 5.74) is 0.671. The maximum absolute atomic E-state index is 11.9. The average Bonchev–Trinajstić information content (AvgIpc) is 2.36. The standard InChI is InChI=1S/C15H23O4P/c1-4-5-10-19-13-8-6-12(7-9-13)14(15(16)17)11-20(2,3)18/h6-9,14H,4-5,10-11H2,1-3H3,(H,16,17)/t14-/m1/s1. The number of unbranched alkanes of at least 4 members (excludes halogenated alkanes) is 1. The van der Waals surface area contributed by atoms with Crippen molar-refractivity contribution in [3.63, 3.8) is 0 Å². The molecule has 0 aromatic heterocycles. The fraction of sp³-hybridized carbons (Fsp3) is 0.533. The van der Waals surface area contributed by atoms with E-state index in [9.17, 15) is 14.5 Å². The molecule has 0 saturated carbocycles. The highest BCUT2D eigenvalue weighted by Gasteiger charge is 2.25. The van der Waals surface area contributed by atoms with Crippen molar-refractivity contribution in [2.45, 2.75) is 25.7 Å². The van der Waals surface area contributed by atoms with Crippen LogP contribution >= 0.6 is 7.14 Å². The predicted octanol–water partition coefficient (Wildman–Crippen LogP) is 3.66. The molecule has 20 heavy (non-hydrogen) atoms. The van der Waals surface area contributed by atoms with Crippen molar-refractivity contribution in [2.75, 3.05) is 26.1 Å². The Hall–Kier alpha value is -1.28. The van der Waals surface area contributed by atoms with Crippen molar-refractivity contribution >= 4 is 13.1 Å².